The molecule has 0 spiro atoms. The van der Waals surface area contributed by atoms with Crippen molar-refractivity contribution >= 4 is 11.8 Å². The van der Waals surface area contributed by atoms with Crippen molar-refractivity contribution in [1.82, 2.24) is 9.97 Å². The molecule has 116 valence electrons. The van der Waals surface area contributed by atoms with Crippen LogP contribution in [0.5, 0.6) is 0 Å². The number of carbonyl (C=O) groups is 1. The van der Waals surface area contributed by atoms with Crippen LogP contribution in [-0.4, -0.2) is 27.6 Å². The molecule has 0 bridgehead atoms. The summed E-state index contributed by atoms with van der Waals surface area (Å²) in [5.41, 5.74) is 0.675. The van der Waals surface area contributed by atoms with Crippen LogP contribution in [0.2, 0.25) is 0 Å². The lowest BCUT2D eigenvalue weighted by atomic mass is 9.67. The van der Waals surface area contributed by atoms with Gasteiger partial charge >= 0.3 is 5.97 Å². The summed E-state index contributed by atoms with van der Waals surface area (Å²) in [4.78, 5) is 19.0. The highest BCUT2D eigenvalue weighted by Crippen LogP contribution is 2.41. The highest BCUT2D eigenvalue weighted by atomic mass is 16.4. The molecule has 2 aliphatic rings. The first-order valence-electron chi connectivity index (χ1n) is 7.77. The Morgan fingerprint density at radius 1 is 1.36 bits per heavy atom. The molecular weight excluding hydrogens is 278 g/mol. The third-order valence-corrected chi connectivity index (χ3v) is 4.74. The van der Waals surface area contributed by atoms with Gasteiger partial charge in [-0.15, -0.1) is 0 Å². The van der Waals surface area contributed by atoms with E-state index >= 15 is 0 Å². The van der Waals surface area contributed by atoms with Crippen LogP contribution in [0.1, 0.15) is 35.3 Å². The van der Waals surface area contributed by atoms with Crippen molar-refractivity contribution in [2.45, 2.75) is 26.2 Å². The second-order valence-electron chi connectivity index (χ2n) is 6.19. The summed E-state index contributed by atoms with van der Waals surface area (Å²) in [5, 5.41) is 12.4. The molecule has 1 unspecified atom stereocenters. The molecule has 0 saturated heterocycles. The van der Waals surface area contributed by atoms with E-state index in [1.54, 1.807) is 6.92 Å². The standard InChI is InChI=1S/C17H21N3O2/c1-11-15(17(21)22)19-10-20-16(11)18-9-12-7-14(8-12)13-5-3-2-4-6-13/h2-5,10,12-14H,6-9H2,1H3,(H,21,22)(H,18,19,20)/t12-,13?,14+. The van der Waals surface area contributed by atoms with Gasteiger partial charge in [-0.1, -0.05) is 24.3 Å². The summed E-state index contributed by atoms with van der Waals surface area (Å²) in [6.45, 7) is 2.59. The number of allylic oxidation sites excluding steroid dienone is 4. The fourth-order valence-electron chi connectivity index (χ4n) is 3.34. The summed E-state index contributed by atoms with van der Waals surface area (Å²) in [6, 6.07) is 0. The van der Waals surface area contributed by atoms with Gasteiger partial charge in [0.2, 0.25) is 0 Å². The number of anilines is 1. The molecule has 22 heavy (non-hydrogen) atoms. The largest absolute Gasteiger partial charge is 0.476 e. The highest BCUT2D eigenvalue weighted by Gasteiger charge is 2.33. The minimum Gasteiger partial charge on any atom is -0.476 e. The molecule has 2 aliphatic carbocycles. The Kier molecular flexibility index (Phi) is 4.22. The zero-order valence-corrected chi connectivity index (χ0v) is 12.7. The first-order valence-corrected chi connectivity index (χ1v) is 7.77. The molecule has 0 aromatic carbocycles. The normalized spacial score (nSPS) is 26.5. The van der Waals surface area contributed by atoms with E-state index < -0.39 is 5.97 Å². The van der Waals surface area contributed by atoms with Gasteiger partial charge < -0.3 is 10.4 Å². The van der Waals surface area contributed by atoms with E-state index in [1.807, 2.05) is 0 Å². The maximum Gasteiger partial charge on any atom is 0.354 e. The van der Waals surface area contributed by atoms with Crippen LogP contribution in [0.3, 0.4) is 0 Å². The Labute approximate surface area is 130 Å². The molecule has 0 amide bonds. The average molecular weight is 299 g/mol. The summed E-state index contributed by atoms with van der Waals surface area (Å²) in [6.07, 6.45) is 13.8. The van der Waals surface area contributed by atoms with Crippen molar-refractivity contribution in [2.75, 3.05) is 11.9 Å². The van der Waals surface area contributed by atoms with Crippen LogP contribution in [0, 0.1) is 24.7 Å². The lowest BCUT2D eigenvalue weighted by Crippen LogP contribution is -2.34. The SMILES string of the molecule is Cc1c(NC[C@H]2C[C@@H](C3C=CC=CC3)C2)ncnc1C(=O)O. The molecule has 0 aliphatic heterocycles. The number of rotatable bonds is 5. The van der Waals surface area contributed by atoms with Crippen molar-refractivity contribution in [3.63, 3.8) is 0 Å². The monoisotopic (exact) mass is 299 g/mol. The third kappa shape index (κ3) is 3.03. The Morgan fingerprint density at radius 3 is 2.86 bits per heavy atom. The van der Waals surface area contributed by atoms with E-state index in [4.69, 9.17) is 5.11 Å². The number of carboxylic acid groups (broad SMARTS) is 1. The lowest BCUT2D eigenvalue weighted by Gasteiger charge is -2.40. The maximum atomic E-state index is 11.1. The molecule has 3 rings (SSSR count). The summed E-state index contributed by atoms with van der Waals surface area (Å²) < 4.78 is 0. The van der Waals surface area contributed by atoms with Crippen molar-refractivity contribution in [3.05, 3.63) is 41.9 Å². The molecule has 2 N–H and O–H groups in total. The Morgan fingerprint density at radius 2 is 2.18 bits per heavy atom. The number of nitrogens with one attached hydrogen (secondary N) is 1. The van der Waals surface area contributed by atoms with Crippen molar-refractivity contribution in [3.8, 4) is 0 Å². The van der Waals surface area contributed by atoms with E-state index in [-0.39, 0.29) is 5.69 Å². The van der Waals surface area contributed by atoms with Gasteiger partial charge in [0.05, 0.1) is 0 Å². The molecule has 5 nitrogen and oxygen atoms in total. The van der Waals surface area contributed by atoms with Gasteiger partial charge in [-0.3, -0.25) is 0 Å². The zero-order valence-electron chi connectivity index (χ0n) is 12.7. The second kappa shape index (κ2) is 6.30. The van der Waals surface area contributed by atoms with Gasteiger partial charge in [0.1, 0.15) is 12.1 Å². The smallest absolute Gasteiger partial charge is 0.354 e. The van der Waals surface area contributed by atoms with Crippen LogP contribution < -0.4 is 5.32 Å². The van der Waals surface area contributed by atoms with E-state index in [0.717, 1.165) is 18.9 Å². The predicted molar refractivity (Wildman–Crippen MR) is 84.8 cm³/mol. The highest BCUT2D eigenvalue weighted by molar-refractivity contribution is 5.88. The Hall–Kier alpha value is -2.17. The molecule has 1 atom stereocenters. The topological polar surface area (TPSA) is 75.1 Å². The van der Waals surface area contributed by atoms with Crippen LogP contribution in [0.25, 0.3) is 0 Å². The van der Waals surface area contributed by atoms with E-state index in [1.165, 1.54) is 19.2 Å². The molecule has 1 aromatic heterocycles. The minimum atomic E-state index is -1.01. The summed E-state index contributed by atoms with van der Waals surface area (Å²) >= 11 is 0. The Balaban J connectivity index is 1.50. The first-order chi connectivity index (χ1) is 10.6. The van der Waals surface area contributed by atoms with Gasteiger partial charge in [-0.25, -0.2) is 14.8 Å². The maximum absolute atomic E-state index is 11.1. The number of aromatic nitrogens is 2. The van der Waals surface area contributed by atoms with Gasteiger partial charge in [0.15, 0.2) is 5.69 Å². The van der Waals surface area contributed by atoms with Crippen LogP contribution in [-0.2, 0) is 0 Å². The van der Waals surface area contributed by atoms with Crippen molar-refractivity contribution in [1.29, 1.82) is 0 Å². The molecule has 1 saturated carbocycles. The second-order valence-corrected chi connectivity index (χ2v) is 6.19. The van der Waals surface area contributed by atoms with Gasteiger partial charge in [-0.05, 0) is 43.9 Å². The number of aromatic carboxylic acids is 1. The zero-order chi connectivity index (χ0) is 15.5. The van der Waals surface area contributed by atoms with E-state index in [2.05, 4.69) is 39.6 Å². The number of hydrogen-bond donors (Lipinski definition) is 2. The molecule has 1 heterocycles. The molecule has 5 heteroatoms. The van der Waals surface area contributed by atoms with Crippen LogP contribution >= 0.6 is 0 Å². The molecule has 1 fully saturated rings. The first kappa shape index (κ1) is 14.8. The van der Waals surface area contributed by atoms with Crippen molar-refractivity contribution in [2.24, 2.45) is 17.8 Å². The van der Waals surface area contributed by atoms with Crippen molar-refractivity contribution < 1.29 is 9.90 Å². The third-order valence-electron chi connectivity index (χ3n) is 4.74. The number of nitrogens with zero attached hydrogens (tertiary/aromatic N) is 2. The van der Waals surface area contributed by atoms with E-state index in [9.17, 15) is 4.79 Å². The quantitative estimate of drug-likeness (QED) is 0.874. The Bertz CT molecular complexity index is 618. The van der Waals surface area contributed by atoms with Crippen LogP contribution in [0.15, 0.2) is 30.6 Å². The number of hydrogen-bond acceptors (Lipinski definition) is 4. The van der Waals surface area contributed by atoms with Crippen LogP contribution in [0.4, 0.5) is 5.82 Å². The lowest BCUT2D eigenvalue weighted by molar-refractivity contribution is 0.0689. The summed E-state index contributed by atoms with van der Waals surface area (Å²) in [7, 11) is 0. The predicted octanol–water partition coefficient (Wildman–Crippen LogP) is 3.05. The van der Waals surface area contributed by atoms with Gasteiger partial charge in [-0.2, -0.15) is 0 Å². The minimum absolute atomic E-state index is 0.0723. The fraction of sp³-hybridized carbons (Fsp3) is 0.471. The molecule has 1 aromatic rings. The number of carboxylic acids is 1. The molecule has 0 radical (unpaired) electrons. The van der Waals surface area contributed by atoms with Gasteiger partial charge in [0, 0.05) is 12.1 Å². The van der Waals surface area contributed by atoms with Gasteiger partial charge in [0.25, 0.3) is 0 Å². The average Bonchev–Trinajstić information content (AvgIpc) is 2.48. The summed E-state index contributed by atoms with van der Waals surface area (Å²) in [5.74, 6) is 1.75. The van der Waals surface area contributed by atoms with E-state index in [0.29, 0.717) is 23.2 Å². The molecular formula is C17H21N3O2. The fourth-order valence-corrected chi connectivity index (χ4v) is 3.34.